The molecular weight excluding hydrogens is 615 g/mol. The van der Waals surface area contributed by atoms with Gasteiger partial charge in [0.25, 0.3) is 0 Å². The Morgan fingerprint density at radius 1 is 0.460 bits per heavy atom. The third kappa shape index (κ3) is 38.4. The summed E-state index contributed by atoms with van der Waals surface area (Å²) in [5, 5.41) is 23.2. The Balaban J connectivity index is 3.47. The predicted octanol–water partition coefficient (Wildman–Crippen LogP) is 14.2. The molecule has 0 aliphatic heterocycles. The second-order valence-electron chi connectivity index (χ2n) is 15.8. The van der Waals surface area contributed by atoms with Gasteiger partial charge in [0, 0.05) is 6.42 Å². The molecule has 4 nitrogen and oxygen atoms in total. The maximum absolute atomic E-state index is 12.4. The van der Waals surface area contributed by atoms with Crippen LogP contribution in [0.1, 0.15) is 258 Å². The highest BCUT2D eigenvalue weighted by Gasteiger charge is 2.20. The van der Waals surface area contributed by atoms with Crippen LogP contribution in [0.3, 0.4) is 0 Å². The molecule has 0 heterocycles. The minimum Gasteiger partial charge on any atom is -0.394 e. The van der Waals surface area contributed by atoms with E-state index in [0.29, 0.717) is 12.8 Å². The van der Waals surface area contributed by atoms with Crippen molar-refractivity contribution in [1.82, 2.24) is 5.32 Å². The van der Waals surface area contributed by atoms with E-state index in [0.717, 1.165) is 25.7 Å². The zero-order chi connectivity index (χ0) is 36.4. The predicted molar refractivity (Wildman–Crippen MR) is 221 cm³/mol. The minimum atomic E-state index is -0.659. The van der Waals surface area contributed by atoms with Gasteiger partial charge in [0.2, 0.25) is 5.91 Å². The summed E-state index contributed by atoms with van der Waals surface area (Å²) in [5.41, 5.74) is 0. The van der Waals surface area contributed by atoms with Crippen molar-refractivity contribution in [3.63, 3.8) is 0 Å². The van der Waals surface area contributed by atoms with Gasteiger partial charge in [-0.3, -0.25) is 4.79 Å². The van der Waals surface area contributed by atoms with Crippen LogP contribution in [0.2, 0.25) is 0 Å². The molecule has 0 rings (SSSR count). The van der Waals surface area contributed by atoms with E-state index in [1.54, 1.807) is 0 Å². The van der Waals surface area contributed by atoms with Crippen LogP contribution in [0.15, 0.2) is 12.2 Å². The van der Waals surface area contributed by atoms with Gasteiger partial charge in [0.15, 0.2) is 0 Å². The summed E-state index contributed by atoms with van der Waals surface area (Å²) in [6.07, 6.45) is 53.0. The van der Waals surface area contributed by atoms with Gasteiger partial charge in [0.1, 0.15) is 0 Å². The van der Waals surface area contributed by atoms with Crippen LogP contribution in [0.5, 0.6) is 0 Å². The third-order valence-corrected chi connectivity index (χ3v) is 10.8. The number of unbranched alkanes of at least 4 members (excludes halogenated alkanes) is 33. The Kier molecular flexibility index (Phi) is 41.8. The SMILES string of the molecule is CCCCCCCC/C=C\CCCCCCCC(=O)NC(CO)C(O)CCCCCCCCCCCCCCCCCCCCCCCCC. The van der Waals surface area contributed by atoms with Crippen molar-refractivity contribution in [2.75, 3.05) is 6.61 Å². The molecule has 0 spiro atoms. The molecule has 2 atom stereocenters. The maximum Gasteiger partial charge on any atom is 0.220 e. The molecule has 298 valence electrons. The molecule has 0 fully saturated rings. The van der Waals surface area contributed by atoms with Crippen molar-refractivity contribution >= 4 is 5.91 Å². The lowest BCUT2D eigenvalue weighted by Crippen LogP contribution is -2.45. The highest BCUT2D eigenvalue weighted by atomic mass is 16.3. The summed E-state index contributed by atoms with van der Waals surface area (Å²) in [4.78, 5) is 12.4. The van der Waals surface area contributed by atoms with Crippen LogP contribution in [0, 0.1) is 0 Å². The molecule has 50 heavy (non-hydrogen) atoms. The van der Waals surface area contributed by atoms with Crippen LogP contribution >= 0.6 is 0 Å². The van der Waals surface area contributed by atoms with Gasteiger partial charge in [-0.15, -0.1) is 0 Å². The lowest BCUT2D eigenvalue weighted by Gasteiger charge is -2.22. The van der Waals surface area contributed by atoms with E-state index in [1.807, 2.05) is 0 Å². The number of carbonyl (C=O) groups is 1. The van der Waals surface area contributed by atoms with Crippen LogP contribution in [0.4, 0.5) is 0 Å². The standard InChI is InChI=1S/C46H91NO3/c1-3-5-7-9-11-13-15-17-19-20-21-22-23-24-25-26-28-29-31-33-35-37-39-41-45(49)44(43-48)47-46(50)42-40-38-36-34-32-30-27-18-16-14-12-10-8-6-4-2/h18,27,44-45,48-49H,3-17,19-26,28-43H2,1-2H3,(H,47,50)/b27-18-. The topological polar surface area (TPSA) is 69.6 Å². The number of carbonyl (C=O) groups excluding carboxylic acids is 1. The van der Waals surface area contributed by atoms with Crippen LogP contribution in [-0.4, -0.2) is 34.9 Å². The van der Waals surface area contributed by atoms with Crippen molar-refractivity contribution in [2.24, 2.45) is 0 Å². The van der Waals surface area contributed by atoms with Crippen molar-refractivity contribution in [1.29, 1.82) is 0 Å². The van der Waals surface area contributed by atoms with E-state index >= 15 is 0 Å². The van der Waals surface area contributed by atoms with Gasteiger partial charge in [-0.1, -0.05) is 225 Å². The van der Waals surface area contributed by atoms with Crippen molar-refractivity contribution < 1.29 is 15.0 Å². The molecule has 0 aliphatic carbocycles. The van der Waals surface area contributed by atoms with E-state index in [2.05, 4.69) is 31.3 Å². The molecule has 0 aliphatic rings. The van der Waals surface area contributed by atoms with Gasteiger partial charge < -0.3 is 15.5 Å². The smallest absolute Gasteiger partial charge is 0.220 e. The third-order valence-electron chi connectivity index (χ3n) is 10.8. The fourth-order valence-electron chi connectivity index (χ4n) is 7.24. The summed E-state index contributed by atoms with van der Waals surface area (Å²) in [5.74, 6) is -0.0370. The molecule has 0 radical (unpaired) electrons. The molecule has 1 amide bonds. The number of rotatable bonds is 42. The normalized spacial score (nSPS) is 13.0. The summed E-state index contributed by atoms with van der Waals surface area (Å²) in [6, 6.07) is -0.537. The molecular formula is C46H91NO3. The summed E-state index contributed by atoms with van der Waals surface area (Å²) in [6.45, 7) is 4.37. The molecule has 3 N–H and O–H groups in total. The first-order valence-electron chi connectivity index (χ1n) is 22.9. The molecule has 4 heteroatoms. The lowest BCUT2D eigenvalue weighted by molar-refractivity contribution is -0.123. The van der Waals surface area contributed by atoms with Crippen LogP contribution < -0.4 is 5.32 Å². The second-order valence-corrected chi connectivity index (χ2v) is 15.8. The Hall–Kier alpha value is -0.870. The molecule has 0 bridgehead atoms. The maximum atomic E-state index is 12.4. The Morgan fingerprint density at radius 2 is 0.760 bits per heavy atom. The van der Waals surface area contributed by atoms with Crippen LogP contribution in [-0.2, 0) is 4.79 Å². The molecule has 2 unspecified atom stereocenters. The van der Waals surface area contributed by atoms with Crippen molar-refractivity contribution in [3.8, 4) is 0 Å². The fourth-order valence-corrected chi connectivity index (χ4v) is 7.24. The Morgan fingerprint density at radius 3 is 1.10 bits per heavy atom. The largest absolute Gasteiger partial charge is 0.394 e. The molecule has 0 aromatic heterocycles. The van der Waals surface area contributed by atoms with E-state index < -0.39 is 12.1 Å². The van der Waals surface area contributed by atoms with E-state index in [-0.39, 0.29) is 12.5 Å². The molecule has 0 saturated heterocycles. The van der Waals surface area contributed by atoms with Gasteiger partial charge >= 0.3 is 0 Å². The monoisotopic (exact) mass is 706 g/mol. The number of hydrogen-bond acceptors (Lipinski definition) is 3. The number of hydrogen-bond donors (Lipinski definition) is 3. The van der Waals surface area contributed by atoms with Gasteiger partial charge in [-0.05, 0) is 38.5 Å². The average molecular weight is 706 g/mol. The zero-order valence-electron chi connectivity index (χ0n) is 34.2. The zero-order valence-corrected chi connectivity index (χ0v) is 34.2. The Bertz CT molecular complexity index is 680. The lowest BCUT2D eigenvalue weighted by atomic mass is 10.0. The first-order chi connectivity index (χ1) is 24.7. The van der Waals surface area contributed by atoms with E-state index in [9.17, 15) is 15.0 Å². The number of nitrogens with one attached hydrogen (secondary N) is 1. The molecule has 0 aromatic carbocycles. The number of aliphatic hydroxyl groups excluding tert-OH is 2. The van der Waals surface area contributed by atoms with Gasteiger partial charge in [-0.25, -0.2) is 0 Å². The summed E-state index contributed by atoms with van der Waals surface area (Å²) < 4.78 is 0. The van der Waals surface area contributed by atoms with E-state index in [4.69, 9.17) is 0 Å². The highest BCUT2D eigenvalue weighted by molar-refractivity contribution is 5.76. The molecule has 0 saturated carbocycles. The van der Waals surface area contributed by atoms with Crippen molar-refractivity contribution in [2.45, 2.75) is 270 Å². The number of allylic oxidation sites excluding steroid dienone is 2. The van der Waals surface area contributed by atoms with Gasteiger partial charge in [0.05, 0.1) is 18.8 Å². The second kappa shape index (κ2) is 42.5. The van der Waals surface area contributed by atoms with Gasteiger partial charge in [-0.2, -0.15) is 0 Å². The average Bonchev–Trinajstić information content (AvgIpc) is 3.12. The number of aliphatic hydroxyl groups is 2. The first kappa shape index (κ1) is 49.1. The summed E-state index contributed by atoms with van der Waals surface area (Å²) >= 11 is 0. The molecule has 0 aromatic rings. The highest BCUT2D eigenvalue weighted by Crippen LogP contribution is 2.17. The fraction of sp³-hybridized carbons (Fsp3) is 0.935. The van der Waals surface area contributed by atoms with Crippen LogP contribution in [0.25, 0.3) is 0 Å². The number of amides is 1. The van der Waals surface area contributed by atoms with Crippen molar-refractivity contribution in [3.05, 3.63) is 12.2 Å². The van der Waals surface area contributed by atoms with E-state index in [1.165, 1.54) is 205 Å². The summed E-state index contributed by atoms with van der Waals surface area (Å²) in [7, 11) is 0. The quantitative estimate of drug-likeness (QED) is 0.0437. The minimum absolute atomic E-state index is 0.0370. The Labute approximate surface area is 314 Å². The first-order valence-corrected chi connectivity index (χ1v) is 22.9.